The van der Waals surface area contributed by atoms with Crippen LogP contribution in [0.4, 0.5) is 23.9 Å². The second kappa shape index (κ2) is 4.79. The van der Waals surface area contributed by atoms with Crippen LogP contribution < -0.4 is 16.8 Å². The maximum absolute atomic E-state index is 13.0. The van der Waals surface area contributed by atoms with Gasteiger partial charge in [-0.3, -0.25) is 4.79 Å². The van der Waals surface area contributed by atoms with E-state index in [9.17, 15) is 22.8 Å². The summed E-state index contributed by atoms with van der Waals surface area (Å²) in [6.45, 7) is 0. The quantitative estimate of drug-likeness (QED) is 0.731. The zero-order valence-corrected chi connectivity index (χ0v) is 11.7. The molecule has 1 aliphatic rings. The number of halogens is 3. The summed E-state index contributed by atoms with van der Waals surface area (Å²) >= 11 is 0.609. The number of methoxy groups -OCH3 is 1. The summed E-state index contributed by atoms with van der Waals surface area (Å²) in [5.41, 5.74) is 8.04. The Kier molecular flexibility index (Phi) is 3.52. The van der Waals surface area contributed by atoms with Crippen molar-refractivity contribution < 1.29 is 27.5 Å². The van der Waals surface area contributed by atoms with Crippen molar-refractivity contribution in [3.05, 3.63) is 10.4 Å². The molecule has 5 N–H and O–H groups in total. The predicted molar refractivity (Wildman–Crippen MR) is 70.2 cm³/mol. The van der Waals surface area contributed by atoms with Gasteiger partial charge in [-0.1, -0.05) is 0 Å². The van der Waals surface area contributed by atoms with Crippen molar-refractivity contribution in [2.24, 2.45) is 5.73 Å². The second-order valence-electron chi connectivity index (χ2n) is 4.61. The lowest BCUT2D eigenvalue weighted by Crippen LogP contribution is -2.38. The van der Waals surface area contributed by atoms with Crippen LogP contribution in [0.2, 0.25) is 0 Å². The summed E-state index contributed by atoms with van der Waals surface area (Å²) in [4.78, 5) is 22.7. The molecule has 0 aromatic carbocycles. The monoisotopic (exact) mass is 323 g/mol. The molecule has 6 nitrogen and oxygen atoms in total. The number of esters is 1. The van der Waals surface area contributed by atoms with Gasteiger partial charge in [-0.25, -0.2) is 4.79 Å². The number of thiophene rings is 1. The molecule has 0 unspecified atom stereocenters. The third-order valence-electron chi connectivity index (χ3n) is 3.20. The van der Waals surface area contributed by atoms with Crippen LogP contribution in [0.15, 0.2) is 0 Å². The molecule has 1 heterocycles. The number of nitrogens with one attached hydrogen (secondary N) is 1. The highest BCUT2D eigenvalue weighted by molar-refractivity contribution is 7.19. The molecule has 0 bridgehead atoms. The van der Waals surface area contributed by atoms with Gasteiger partial charge in [-0.2, -0.15) is 13.2 Å². The maximum atomic E-state index is 13.0. The van der Waals surface area contributed by atoms with Gasteiger partial charge < -0.3 is 21.5 Å². The minimum absolute atomic E-state index is 0.124. The molecule has 116 valence electrons. The molecule has 1 aromatic heterocycles. The minimum Gasteiger partial charge on any atom is -0.465 e. The number of alkyl halides is 3. The Balaban J connectivity index is 2.46. The van der Waals surface area contributed by atoms with E-state index >= 15 is 0 Å². The van der Waals surface area contributed by atoms with Crippen molar-refractivity contribution in [1.82, 2.24) is 0 Å². The molecular formula is C11H12F3N3O3S. The SMILES string of the molecule is COC(=O)c1c(NC2(C(F)(F)F)CC2)sc(C(N)=O)c1N. The van der Waals surface area contributed by atoms with Crippen LogP contribution >= 0.6 is 11.3 Å². The molecule has 1 aromatic rings. The van der Waals surface area contributed by atoms with Crippen molar-refractivity contribution in [3.63, 3.8) is 0 Å². The molecule has 0 aliphatic heterocycles. The predicted octanol–water partition coefficient (Wildman–Crippen LogP) is 1.72. The molecule has 0 radical (unpaired) electrons. The number of hydrogen-bond acceptors (Lipinski definition) is 6. The van der Waals surface area contributed by atoms with Crippen LogP contribution in [0.25, 0.3) is 0 Å². The normalized spacial score (nSPS) is 16.4. The van der Waals surface area contributed by atoms with Crippen LogP contribution in [0.5, 0.6) is 0 Å². The van der Waals surface area contributed by atoms with Gasteiger partial charge in [0, 0.05) is 0 Å². The smallest absolute Gasteiger partial charge is 0.411 e. The Morgan fingerprint density at radius 1 is 1.38 bits per heavy atom. The van der Waals surface area contributed by atoms with E-state index in [4.69, 9.17) is 11.5 Å². The fraction of sp³-hybridized carbons (Fsp3) is 0.455. The van der Waals surface area contributed by atoms with Crippen LogP contribution in [-0.2, 0) is 4.74 Å². The van der Waals surface area contributed by atoms with Crippen molar-refractivity contribution >= 4 is 33.9 Å². The Hall–Kier alpha value is -1.97. The van der Waals surface area contributed by atoms with E-state index < -0.39 is 23.6 Å². The average Bonchev–Trinajstić information content (AvgIpc) is 3.08. The molecule has 0 atom stereocenters. The van der Waals surface area contributed by atoms with Gasteiger partial charge in [-0.05, 0) is 12.8 Å². The van der Waals surface area contributed by atoms with Gasteiger partial charge in [0.15, 0.2) is 0 Å². The third-order valence-corrected chi connectivity index (χ3v) is 4.34. The number of ether oxygens (including phenoxy) is 1. The zero-order valence-electron chi connectivity index (χ0n) is 10.8. The fourth-order valence-electron chi connectivity index (χ4n) is 1.84. The molecule has 2 rings (SSSR count). The van der Waals surface area contributed by atoms with Crippen LogP contribution in [0.3, 0.4) is 0 Å². The lowest BCUT2D eigenvalue weighted by molar-refractivity contribution is -0.151. The van der Waals surface area contributed by atoms with Gasteiger partial charge in [0.25, 0.3) is 5.91 Å². The molecule has 1 fully saturated rings. The average molecular weight is 323 g/mol. The number of rotatable bonds is 4. The number of anilines is 2. The summed E-state index contributed by atoms with van der Waals surface area (Å²) in [7, 11) is 1.06. The molecule has 0 spiro atoms. The Morgan fingerprint density at radius 2 is 1.95 bits per heavy atom. The highest BCUT2D eigenvalue weighted by atomic mass is 32.1. The van der Waals surface area contributed by atoms with E-state index in [1.807, 2.05) is 0 Å². The minimum atomic E-state index is -4.48. The lowest BCUT2D eigenvalue weighted by Gasteiger charge is -2.21. The van der Waals surface area contributed by atoms with Crippen molar-refractivity contribution in [1.29, 1.82) is 0 Å². The summed E-state index contributed by atoms with van der Waals surface area (Å²) < 4.78 is 43.4. The maximum Gasteiger partial charge on any atom is 0.411 e. The van der Waals surface area contributed by atoms with Gasteiger partial charge in [0.2, 0.25) is 0 Å². The van der Waals surface area contributed by atoms with Crippen LogP contribution in [0, 0.1) is 0 Å². The first-order valence-corrected chi connectivity index (χ1v) is 6.60. The van der Waals surface area contributed by atoms with E-state index in [-0.39, 0.29) is 34.0 Å². The first-order valence-electron chi connectivity index (χ1n) is 5.78. The Labute approximate surface area is 121 Å². The van der Waals surface area contributed by atoms with Gasteiger partial charge in [-0.15, -0.1) is 11.3 Å². The Morgan fingerprint density at radius 3 is 2.33 bits per heavy atom. The van der Waals surface area contributed by atoms with Crippen molar-refractivity contribution in [2.45, 2.75) is 24.6 Å². The molecule has 21 heavy (non-hydrogen) atoms. The largest absolute Gasteiger partial charge is 0.465 e. The number of primary amides is 1. The highest BCUT2D eigenvalue weighted by Crippen LogP contribution is 2.53. The fourth-order valence-corrected chi connectivity index (χ4v) is 2.90. The van der Waals surface area contributed by atoms with Crippen LogP contribution in [-0.4, -0.2) is 30.7 Å². The van der Waals surface area contributed by atoms with E-state index in [1.54, 1.807) is 0 Å². The van der Waals surface area contributed by atoms with Gasteiger partial charge >= 0.3 is 12.1 Å². The topological polar surface area (TPSA) is 107 Å². The number of carbonyl (C=O) groups is 2. The number of nitrogen functional groups attached to an aromatic ring is 1. The van der Waals surface area contributed by atoms with E-state index in [1.165, 1.54) is 0 Å². The van der Waals surface area contributed by atoms with E-state index in [0.29, 0.717) is 11.3 Å². The van der Waals surface area contributed by atoms with Gasteiger partial charge in [0.05, 0.1) is 12.8 Å². The summed E-state index contributed by atoms with van der Waals surface area (Å²) in [6, 6.07) is 0. The van der Waals surface area contributed by atoms with Gasteiger partial charge in [0.1, 0.15) is 21.0 Å². The molecule has 1 amide bonds. The zero-order chi connectivity index (χ0) is 16.0. The first kappa shape index (κ1) is 15.4. The third kappa shape index (κ3) is 2.50. The van der Waals surface area contributed by atoms with Crippen LogP contribution in [0.1, 0.15) is 32.9 Å². The number of hydrogen-bond donors (Lipinski definition) is 3. The van der Waals surface area contributed by atoms with E-state index in [2.05, 4.69) is 10.1 Å². The standard InChI is InChI=1S/C11H12F3N3O3S/c1-20-9(19)4-5(15)6(7(16)18)21-8(4)17-10(2-3-10)11(12,13)14/h17H,2-3,15H2,1H3,(H2,16,18). The second-order valence-corrected chi connectivity index (χ2v) is 5.63. The van der Waals surface area contributed by atoms with Crippen molar-refractivity contribution in [3.8, 4) is 0 Å². The summed E-state index contributed by atoms with van der Waals surface area (Å²) in [5, 5.41) is 2.11. The van der Waals surface area contributed by atoms with E-state index in [0.717, 1.165) is 7.11 Å². The van der Waals surface area contributed by atoms with Crippen molar-refractivity contribution in [2.75, 3.05) is 18.2 Å². The highest BCUT2D eigenvalue weighted by Gasteiger charge is 2.64. The lowest BCUT2D eigenvalue weighted by atomic mass is 10.2. The first-order chi connectivity index (χ1) is 9.63. The molecule has 1 aliphatic carbocycles. The molecule has 0 saturated heterocycles. The molecule has 1 saturated carbocycles. The number of nitrogens with two attached hydrogens (primary N) is 2. The summed E-state index contributed by atoms with van der Waals surface area (Å²) in [6.07, 6.45) is -4.73. The molecule has 10 heteroatoms. The Bertz CT molecular complexity index is 608. The molecular weight excluding hydrogens is 311 g/mol. The summed E-state index contributed by atoms with van der Waals surface area (Å²) in [5.74, 6) is -1.86. The number of carbonyl (C=O) groups excluding carboxylic acids is 2. The number of amides is 1.